The second-order valence-electron chi connectivity index (χ2n) is 4.81. The molecule has 0 amide bonds. The van der Waals surface area contributed by atoms with E-state index >= 15 is 0 Å². The SMILES string of the molecule is COc1ccc(Nc2nc3nc4cc(Br)ccc4n3[nH]2)cc1. The maximum atomic E-state index is 5.14. The number of aromatic amines is 1. The molecule has 4 rings (SSSR count). The zero-order chi connectivity index (χ0) is 15.1. The Morgan fingerprint density at radius 2 is 1.95 bits per heavy atom. The second kappa shape index (κ2) is 5.03. The van der Waals surface area contributed by atoms with E-state index in [1.54, 1.807) is 7.11 Å². The van der Waals surface area contributed by atoms with Gasteiger partial charge in [0.1, 0.15) is 5.75 Å². The summed E-state index contributed by atoms with van der Waals surface area (Å²) in [5, 5.41) is 6.42. The lowest BCUT2D eigenvalue weighted by molar-refractivity contribution is 0.415. The quantitative estimate of drug-likeness (QED) is 0.586. The predicted molar refractivity (Wildman–Crippen MR) is 88.8 cm³/mol. The first-order chi connectivity index (χ1) is 10.7. The fourth-order valence-electron chi connectivity index (χ4n) is 2.32. The first kappa shape index (κ1) is 13.1. The number of rotatable bonds is 3. The molecular formula is C15H12BrN5O. The maximum absolute atomic E-state index is 5.14. The van der Waals surface area contributed by atoms with E-state index in [0.717, 1.165) is 26.9 Å². The summed E-state index contributed by atoms with van der Waals surface area (Å²) in [6, 6.07) is 13.6. The Morgan fingerprint density at radius 3 is 2.73 bits per heavy atom. The molecule has 2 aromatic carbocycles. The van der Waals surface area contributed by atoms with Crippen LogP contribution >= 0.6 is 15.9 Å². The van der Waals surface area contributed by atoms with Gasteiger partial charge in [0.2, 0.25) is 5.95 Å². The molecule has 7 heteroatoms. The van der Waals surface area contributed by atoms with E-state index in [-0.39, 0.29) is 0 Å². The van der Waals surface area contributed by atoms with Crippen LogP contribution in [0.1, 0.15) is 0 Å². The van der Waals surface area contributed by atoms with Crippen LogP contribution < -0.4 is 10.1 Å². The van der Waals surface area contributed by atoms with Crippen LogP contribution in [-0.4, -0.2) is 26.7 Å². The number of hydrogen-bond acceptors (Lipinski definition) is 4. The molecule has 2 N–H and O–H groups in total. The number of aromatic nitrogens is 4. The molecule has 0 atom stereocenters. The molecule has 110 valence electrons. The van der Waals surface area contributed by atoms with Gasteiger partial charge in [-0.2, -0.15) is 4.98 Å². The smallest absolute Gasteiger partial charge is 0.253 e. The number of methoxy groups -OCH3 is 1. The van der Waals surface area contributed by atoms with Gasteiger partial charge in [0.15, 0.2) is 0 Å². The first-order valence-corrected chi connectivity index (χ1v) is 7.47. The molecule has 0 radical (unpaired) electrons. The van der Waals surface area contributed by atoms with Gasteiger partial charge in [0.05, 0.1) is 18.1 Å². The van der Waals surface area contributed by atoms with E-state index < -0.39 is 0 Å². The van der Waals surface area contributed by atoms with Crippen molar-refractivity contribution in [2.24, 2.45) is 0 Å². The van der Waals surface area contributed by atoms with Crippen molar-refractivity contribution in [3.63, 3.8) is 0 Å². The standard InChI is InChI=1S/C15H12BrN5O/c1-22-11-5-3-10(4-6-11)17-14-19-15-18-12-8-9(16)2-7-13(12)21(15)20-14/h2-8H,1H3,(H2,17,18,19,20). The Bertz CT molecular complexity index is 957. The Balaban J connectivity index is 1.70. The second-order valence-corrected chi connectivity index (χ2v) is 5.72. The summed E-state index contributed by atoms with van der Waals surface area (Å²) in [4.78, 5) is 8.95. The summed E-state index contributed by atoms with van der Waals surface area (Å²) in [7, 11) is 1.65. The minimum absolute atomic E-state index is 0.629. The fourth-order valence-corrected chi connectivity index (χ4v) is 2.67. The zero-order valence-corrected chi connectivity index (χ0v) is 13.3. The predicted octanol–water partition coefficient (Wildman–Crippen LogP) is 3.73. The highest BCUT2D eigenvalue weighted by molar-refractivity contribution is 9.10. The Morgan fingerprint density at radius 1 is 1.14 bits per heavy atom. The summed E-state index contributed by atoms with van der Waals surface area (Å²) in [5.41, 5.74) is 2.79. The highest BCUT2D eigenvalue weighted by Crippen LogP contribution is 2.22. The Kier molecular flexibility index (Phi) is 3.00. The molecular weight excluding hydrogens is 346 g/mol. The molecule has 2 aromatic heterocycles. The molecule has 0 saturated carbocycles. The van der Waals surface area contributed by atoms with Crippen LogP contribution in [0.5, 0.6) is 5.75 Å². The van der Waals surface area contributed by atoms with Crippen LogP contribution in [0.2, 0.25) is 0 Å². The van der Waals surface area contributed by atoms with Crippen molar-refractivity contribution in [2.75, 3.05) is 12.4 Å². The number of benzene rings is 2. The van der Waals surface area contributed by atoms with Crippen molar-refractivity contribution in [3.8, 4) is 5.75 Å². The van der Waals surface area contributed by atoms with Crippen LogP contribution in [-0.2, 0) is 0 Å². The van der Waals surface area contributed by atoms with Crippen LogP contribution in [0.4, 0.5) is 11.6 Å². The van der Waals surface area contributed by atoms with Crippen molar-refractivity contribution in [2.45, 2.75) is 0 Å². The molecule has 0 aliphatic rings. The van der Waals surface area contributed by atoms with E-state index in [1.165, 1.54) is 0 Å². The molecule has 22 heavy (non-hydrogen) atoms. The molecule has 0 aliphatic carbocycles. The highest BCUT2D eigenvalue weighted by atomic mass is 79.9. The van der Waals surface area contributed by atoms with Crippen molar-refractivity contribution >= 4 is 44.4 Å². The van der Waals surface area contributed by atoms with E-state index in [4.69, 9.17) is 4.74 Å². The van der Waals surface area contributed by atoms with Gasteiger partial charge in [0.25, 0.3) is 5.78 Å². The number of ether oxygens (including phenoxy) is 1. The van der Waals surface area contributed by atoms with Gasteiger partial charge in [-0.05, 0) is 42.5 Å². The van der Waals surface area contributed by atoms with Crippen molar-refractivity contribution < 1.29 is 4.74 Å². The summed E-state index contributed by atoms with van der Waals surface area (Å²) in [6.07, 6.45) is 0. The molecule has 0 saturated heterocycles. The van der Waals surface area contributed by atoms with E-state index in [0.29, 0.717) is 11.7 Å². The van der Waals surface area contributed by atoms with E-state index in [9.17, 15) is 0 Å². The normalized spacial score (nSPS) is 11.2. The molecule has 2 heterocycles. The molecule has 0 unspecified atom stereocenters. The first-order valence-electron chi connectivity index (χ1n) is 6.68. The Labute approximate surface area is 134 Å². The van der Waals surface area contributed by atoms with Gasteiger partial charge in [-0.25, -0.2) is 9.50 Å². The van der Waals surface area contributed by atoms with Gasteiger partial charge in [-0.15, -0.1) is 0 Å². The van der Waals surface area contributed by atoms with Gasteiger partial charge in [-0.1, -0.05) is 15.9 Å². The van der Waals surface area contributed by atoms with Crippen LogP contribution in [0.15, 0.2) is 46.9 Å². The number of hydrogen-bond donors (Lipinski definition) is 2. The number of imidazole rings is 1. The molecule has 0 bridgehead atoms. The molecule has 0 spiro atoms. The minimum Gasteiger partial charge on any atom is -0.497 e. The third-order valence-corrected chi connectivity index (χ3v) is 3.87. The summed E-state index contributed by atoms with van der Waals surface area (Å²) >= 11 is 3.45. The Hall–Kier alpha value is -2.54. The lowest BCUT2D eigenvalue weighted by Crippen LogP contribution is -1.93. The van der Waals surface area contributed by atoms with E-state index in [2.05, 4.69) is 36.3 Å². The number of halogens is 1. The van der Waals surface area contributed by atoms with Crippen molar-refractivity contribution in [1.29, 1.82) is 0 Å². The number of fused-ring (bicyclic) bond motifs is 3. The average Bonchev–Trinajstić information content (AvgIpc) is 3.04. The van der Waals surface area contributed by atoms with Gasteiger partial charge >= 0.3 is 0 Å². The van der Waals surface area contributed by atoms with Crippen LogP contribution in [0.25, 0.3) is 16.8 Å². The molecule has 0 fully saturated rings. The highest BCUT2D eigenvalue weighted by Gasteiger charge is 2.10. The third kappa shape index (κ3) is 2.19. The molecule has 6 nitrogen and oxygen atoms in total. The number of nitrogens with one attached hydrogen (secondary N) is 2. The van der Waals surface area contributed by atoms with E-state index in [1.807, 2.05) is 47.0 Å². The monoisotopic (exact) mass is 357 g/mol. The fraction of sp³-hybridized carbons (Fsp3) is 0.0667. The van der Waals surface area contributed by atoms with Crippen LogP contribution in [0.3, 0.4) is 0 Å². The lowest BCUT2D eigenvalue weighted by Gasteiger charge is -2.03. The van der Waals surface area contributed by atoms with Gasteiger partial charge in [-0.3, -0.25) is 5.10 Å². The lowest BCUT2D eigenvalue weighted by atomic mass is 10.3. The largest absolute Gasteiger partial charge is 0.497 e. The number of nitrogens with zero attached hydrogens (tertiary/aromatic N) is 3. The third-order valence-electron chi connectivity index (χ3n) is 3.38. The number of anilines is 2. The van der Waals surface area contributed by atoms with Crippen LogP contribution in [0, 0.1) is 0 Å². The molecule has 0 aliphatic heterocycles. The summed E-state index contributed by atoms with van der Waals surface area (Å²) in [5.74, 6) is 2.08. The minimum atomic E-state index is 0.629. The summed E-state index contributed by atoms with van der Waals surface area (Å²) in [6.45, 7) is 0. The van der Waals surface area contributed by atoms with Crippen molar-refractivity contribution in [3.05, 3.63) is 46.9 Å². The van der Waals surface area contributed by atoms with Gasteiger partial charge in [0, 0.05) is 10.2 Å². The van der Waals surface area contributed by atoms with Crippen molar-refractivity contribution in [1.82, 2.24) is 19.6 Å². The number of H-pyrrole nitrogens is 1. The summed E-state index contributed by atoms with van der Waals surface area (Å²) < 4.78 is 8.00. The average molecular weight is 358 g/mol. The zero-order valence-electron chi connectivity index (χ0n) is 11.7. The molecule has 4 aromatic rings. The topological polar surface area (TPSA) is 67.2 Å². The maximum Gasteiger partial charge on any atom is 0.253 e. The van der Waals surface area contributed by atoms with Gasteiger partial charge < -0.3 is 10.1 Å².